The van der Waals surface area contributed by atoms with Crippen LogP contribution in [-0.4, -0.2) is 13.1 Å². The van der Waals surface area contributed by atoms with Gasteiger partial charge in [-0.3, -0.25) is 0 Å². The third-order valence-corrected chi connectivity index (χ3v) is 2.35. The van der Waals surface area contributed by atoms with Gasteiger partial charge in [0.1, 0.15) is 5.82 Å². The van der Waals surface area contributed by atoms with Gasteiger partial charge in [0.05, 0.1) is 5.69 Å². The minimum absolute atomic E-state index is 0.175. The first kappa shape index (κ1) is 11.0. The lowest BCUT2D eigenvalue weighted by Gasteiger charge is -2.22. The Hall–Kier alpha value is -1.09. The fraction of sp³-hybridized carbons (Fsp3) is 0.455. The molecule has 0 bridgehead atoms. The largest absolute Gasteiger partial charge is 0.370 e. The van der Waals surface area contributed by atoms with Gasteiger partial charge in [0.2, 0.25) is 0 Å². The number of nitrogens with two attached hydrogens (primary N) is 1. The van der Waals surface area contributed by atoms with E-state index in [0.717, 1.165) is 18.7 Å². The molecule has 2 N–H and O–H groups in total. The molecule has 0 aliphatic heterocycles. The summed E-state index contributed by atoms with van der Waals surface area (Å²) in [7, 11) is 0. The molecule has 1 rings (SSSR count). The maximum Gasteiger partial charge on any atom is 0.146 e. The Morgan fingerprint density at radius 2 is 1.93 bits per heavy atom. The highest BCUT2D eigenvalue weighted by Gasteiger charge is 2.08. The lowest BCUT2D eigenvalue weighted by atomic mass is 10.2. The van der Waals surface area contributed by atoms with Gasteiger partial charge in [-0.1, -0.05) is 6.07 Å². The van der Waals surface area contributed by atoms with E-state index < -0.39 is 0 Å². The maximum absolute atomic E-state index is 13.4. The van der Waals surface area contributed by atoms with Crippen molar-refractivity contribution in [2.24, 2.45) is 5.73 Å². The molecule has 0 amide bonds. The number of rotatable bonds is 4. The van der Waals surface area contributed by atoms with E-state index in [2.05, 4.69) is 0 Å². The standard InChI is InChI=1S/C11H17FN2/c1-3-14(4-2)11-7-9(8-13)5-6-10(11)12/h5-7H,3-4,8,13H2,1-2H3. The Kier molecular flexibility index (Phi) is 3.89. The van der Waals surface area contributed by atoms with E-state index in [1.807, 2.05) is 24.8 Å². The fourth-order valence-corrected chi connectivity index (χ4v) is 1.49. The Balaban J connectivity index is 3.04. The predicted molar refractivity (Wildman–Crippen MR) is 57.9 cm³/mol. The highest BCUT2D eigenvalue weighted by atomic mass is 19.1. The molecule has 0 heterocycles. The van der Waals surface area contributed by atoms with Gasteiger partial charge < -0.3 is 10.6 Å². The first-order valence-corrected chi connectivity index (χ1v) is 4.96. The van der Waals surface area contributed by atoms with E-state index in [-0.39, 0.29) is 5.82 Å². The smallest absolute Gasteiger partial charge is 0.146 e. The van der Waals surface area contributed by atoms with Crippen LogP contribution in [0.2, 0.25) is 0 Å². The lowest BCUT2D eigenvalue weighted by molar-refractivity contribution is 0.619. The molecule has 0 unspecified atom stereocenters. The highest BCUT2D eigenvalue weighted by Crippen LogP contribution is 2.20. The molecule has 0 saturated carbocycles. The number of halogens is 1. The van der Waals surface area contributed by atoms with Crippen LogP contribution in [-0.2, 0) is 6.54 Å². The van der Waals surface area contributed by atoms with E-state index in [4.69, 9.17) is 5.73 Å². The number of anilines is 1. The molecule has 0 spiro atoms. The van der Waals surface area contributed by atoms with Crippen molar-refractivity contribution in [2.75, 3.05) is 18.0 Å². The molecule has 78 valence electrons. The van der Waals surface area contributed by atoms with Crippen LogP contribution in [0.5, 0.6) is 0 Å². The van der Waals surface area contributed by atoms with Crippen LogP contribution in [0.4, 0.5) is 10.1 Å². The number of nitrogens with zero attached hydrogens (tertiary/aromatic N) is 1. The van der Waals surface area contributed by atoms with Gasteiger partial charge in [-0.05, 0) is 31.5 Å². The summed E-state index contributed by atoms with van der Waals surface area (Å²) < 4.78 is 13.4. The van der Waals surface area contributed by atoms with Gasteiger partial charge in [0.15, 0.2) is 0 Å². The van der Waals surface area contributed by atoms with Crippen molar-refractivity contribution >= 4 is 5.69 Å². The number of hydrogen-bond acceptors (Lipinski definition) is 2. The van der Waals surface area contributed by atoms with Crippen molar-refractivity contribution in [1.29, 1.82) is 0 Å². The molecular weight excluding hydrogens is 179 g/mol. The van der Waals surface area contributed by atoms with Crippen LogP contribution in [0.1, 0.15) is 19.4 Å². The van der Waals surface area contributed by atoms with Gasteiger partial charge in [0, 0.05) is 19.6 Å². The second-order valence-electron chi connectivity index (χ2n) is 3.16. The van der Waals surface area contributed by atoms with E-state index in [1.54, 1.807) is 6.07 Å². The highest BCUT2D eigenvalue weighted by molar-refractivity contribution is 5.49. The van der Waals surface area contributed by atoms with E-state index >= 15 is 0 Å². The van der Waals surface area contributed by atoms with Crippen molar-refractivity contribution < 1.29 is 4.39 Å². The molecule has 1 aromatic rings. The third kappa shape index (κ3) is 2.23. The van der Waals surface area contributed by atoms with Crippen LogP contribution in [0.25, 0.3) is 0 Å². The summed E-state index contributed by atoms with van der Waals surface area (Å²) in [5.74, 6) is -0.175. The van der Waals surface area contributed by atoms with Crippen molar-refractivity contribution in [3.63, 3.8) is 0 Å². The molecule has 2 nitrogen and oxygen atoms in total. The lowest BCUT2D eigenvalue weighted by Crippen LogP contribution is -2.23. The normalized spacial score (nSPS) is 10.3. The van der Waals surface area contributed by atoms with Gasteiger partial charge >= 0.3 is 0 Å². The molecule has 0 aliphatic carbocycles. The fourth-order valence-electron chi connectivity index (χ4n) is 1.49. The second kappa shape index (κ2) is 4.96. The van der Waals surface area contributed by atoms with Gasteiger partial charge in [0.25, 0.3) is 0 Å². The molecule has 0 atom stereocenters. The van der Waals surface area contributed by atoms with Crippen molar-refractivity contribution in [1.82, 2.24) is 0 Å². The predicted octanol–water partition coefficient (Wildman–Crippen LogP) is 2.13. The van der Waals surface area contributed by atoms with Gasteiger partial charge in [-0.25, -0.2) is 4.39 Å². The second-order valence-corrected chi connectivity index (χ2v) is 3.16. The molecule has 1 aromatic carbocycles. The summed E-state index contributed by atoms with van der Waals surface area (Å²) in [4.78, 5) is 1.98. The van der Waals surface area contributed by atoms with Gasteiger partial charge in [-0.2, -0.15) is 0 Å². The zero-order chi connectivity index (χ0) is 10.6. The zero-order valence-electron chi connectivity index (χ0n) is 8.76. The van der Waals surface area contributed by atoms with Crippen LogP contribution < -0.4 is 10.6 Å². The topological polar surface area (TPSA) is 29.3 Å². The Labute approximate surface area is 84.5 Å². The molecule has 14 heavy (non-hydrogen) atoms. The quantitative estimate of drug-likeness (QED) is 0.799. The van der Waals surface area contributed by atoms with Crippen molar-refractivity contribution in [3.05, 3.63) is 29.6 Å². The Morgan fingerprint density at radius 3 is 2.43 bits per heavy atom. The van der Waals surface area contributed by atoms with Crippen molar-refractivity contribution in [2.45, 2.75) is 20.4 Å². The summed E-state index contributed by atoms with van der Waals surface area (Å²) in [6.07, 6.45) is 0. The molecule has 0 aromatic heterocycles. The van der Waals surface area contributed by atoms with E-state index in [1.165, 1.54) is 6.07 Å². The molecule has 0 fully saturated rings. The maximum atomic E-state index is 13.4. The van der Waals surface area contributed by atoms with Crippen LogP contribution in [0.3, 0.4) is 0 Å². The summed E-state index contributed by atoms with van der Waals surface area (Å²) in [5, 5.41) is 0. The average Bonchev–Trinajstić information content (AvgIpc) is 2.22. The minimum Gasteiger partial charge on any atom is -0.370 e. The first-order chi connectivity index (χ1) is 6.72. The summed E-state index contributed by atoms with van der Waals surface area (Å²) in [6, 6.07) is 5.03. The Bertz CT molecular complexity index is 295. The van der Waals surface area contributed by atoms with Crippen LogP contribution in [0.15, 0.2) is 18.2 Å². The van der Waals surface area contributed by atoms with Crippen molar-refractivity contribution in [3.8, 4) is 0 Å². The van der Waals surface area contributed by atoms with E-state index in [0.29, 0.717) is 12.2 Å². The zero-order valence-corrected chi connectivity index (χ0v) is 8.76. The number of hydrogen-bond donors (Lipinski definition) is 1. The minimum atomic E-state index is -0.175. The SMILES string of the molecule is CCN(CC)c1cc(CN)ccc1F. The summed E-state index contributed by atoms with van der Waals surface area (Å²) in [5.41, 5.74) is 7.13. The summed E-state index contributed by atoms with van der Waals surface area (Å²) >= 11 is 0. The van der Waals surface area contributed by atoms with Gasteiger partial charge in [-0.15, -0.1) is 0 Å². The molecule has 0 radical (unpaired) electrons. The summed E-state index contributed by atoms with van der Waals surface area (Å²) in [6.45, 7) is 6.09. The average molecular weight is 196 g/mol. The monoisotopic (exact) mass is 196 g/mol. The Morgan fingerprint density at radius 1 is 1.29 bits per heavy atom. The number of benzene rings is 1. The van der Waals surface area contributed by atoms with Crippen LogP contribution in [0, 0.1) is 5.82 Å². The third-order valence-electron chi connectivity index (χ3n) is 2.35. The molecular formula is C11H17FN2. The first-order valence-electron chi connectivity index (χ1n) is 4.96. The molecule has 3 heteroatoms. The molecule has 0 saturated heterocycles. The molecule has 0 aliphatic rings. The van der Waals surface area contributed by atoms with Crippen LogP contribution >= 0.6 is 0 Å². The van der Waals surface area contributed by atoms with E-state index in [9.17, 15) is 4.39 Å².